The van der Waals surface area contributed by atoms with Gasteiger partial charge in [0.1, 0.15) is 15.0 Å². The molecule has 1 aromatic rings. The maximum absolute atomic E-state index is 12.0. The van der Waals surface area contributed by atoms with Gasteiger partial charge in [0.15, 0.2) is 0 Å². The van der Waals surface area contributed by atoms with Crippen molar-refractivity contribution < 1.29 is 8.42 Å². The van der Waals surface area contributed by atoms with Gasteiger partial charge >= 0.3 is 5.69 Å². The van der Waals surface area contributed by atoms with Gasteiger partial charge in [0.05, 0.1) is 17.4 Å². The zero-order valence-corrected chi connectivity index (χ0v) is 11.9. The van der Waals surface area contributed by atoms with Gasteiger partial charge in [-0.05, 0) is 13.3 Å². The lowest BCUT2D eigenvalue weighted by molar-refractivity contribution is 0.526. The molecule has 0 fully saturated rings. The Hall–Kier alpha value is -1.08. The highest BCUT2D eigenvalue weighted by molar-refractivity contribution is 7.90. The summed E-state index contributed by atoms with van der Waals surface area (Å²) in [5, 5.41) is 0.00954. The van der Waals surface area contributed by atoms with Crippen LogP contribution in [0, 0.1) is 0 Å². The molecule has 0 amide bonds. The number of sulfone groups is 1. The first-order chi connectivity index (χ1) is 8.17. The fourth-order valence-corrected chi connectivity index (χ4v) is 3.10. The molecule has 1 rings (SSSR count). The number of H-pyrrole nitrogens is 1. The molecule has 18 heavy (non-hydrogen) atoms. The quantitative estimate of drug-likeness (QED) is 0.812. The SMILES string of the molecule is CCc1c(Cl)[nH]c(=O)n(C(C)CS(C)(=O)=O)c1=O. The van der Waals surface area contributed by atoms with Crippen molar-refractivity contribution in [1.82, 2.24) is 9.55 Å². The van der Waals surface area contributed by atoms with Crippen molar-refractivity contribution in [3.05, 3.63) is 31.6 Å². The molecule has 0 aromatic carbocycles. The van der Waals surface area contributed by atoms with Gasteiger partial charge in [-0.25, -0.2) is 13.2 Å². The van der Waals surface area contributed by atoms with E-state index in [0.29, 0.717) is 6.42 Å². The van der Waals surface area contributed by atoms with Crippen molar-refractivity contribution >= 4 is 21.4 Å². The second-order valence-corrected chi connectivity index (χ2v) is 6.76. The van der Waals surface area contributed by atoms with Crippen LogP contribution in [-0.2, 0) is 16.3 Å². The fourth-order valence-electron chi connectivity index (χ4n) is 1.78. The van der Waals surface area contributed by atoms with Crippen molar-refractivity contribution in [3.8, 4) is 0 Å². The number of nitrogens with one attached hydrogen (secondary N) is 1. The normalized spacial score (nSPS) is 13.6. The highest BCUT2D eigenvalue weighted by atomic mass is 35.5. The zero-order valence-electron chi connectivity index (χ0n) is 10.4. The monoisotopic (exact) mass is 294 g/mol. The molecule has 1 unspecified atom stereocenters. The summed E-state index contributed by atoms with van der Waals surface area (Å²) in [7, 11) is -3.28. The second kappa shape index (κ2) is 5.27. The van der Waals surface area contributed by atoms with Gasteiger partial charge in [-0.2, -0.15) is 0 Å². The van der Waals surface area contributed by atoms with Gasteiger partial charge < -0.3 is 0 Å². The highest BCUT2D eigenvalue weighted by Crippen LogP contribution is 2.09. The Bertz CT molecular complexity index is 659. The van der Waals surface area contributed by atoms with E-state index in [0.717, 1.165) is 10.8 Å². The highest BCUT2D eigenvalue weighted by Gasteiger charge is 2.19. The van der Waals surface area contributed by atoms with E-state index in [4.69, 9.17) is 11.6 Å². The predicted octanol–water partition coefficient (Wildman–Crippen LogP) is 0.358. The van der Waals surface area contributed by atoms with Gasteiger partial charge in [-0.3, -0.25) is 14.3 Å². The van der Waals surface area contributed by atoms with Crippen LogP contribution in [0.1, 0.15) is 25.5 Å². The number of aromatic amines is 1. The van der Waals surface area contributed by atoms with Crippen LogP contribution in [-0.4, -0.2) is 30.0 Å². The number of nitrogens with zero attached hydrogens (tertiary/aromatic N) is 1. The molecule has 6 nitrogen and oxygen atoms in total. The summed E-state index contributed by atoms with van der Waals surface area (Å²) in [4.78, 5) is 26.1. The van der Waals surface area contributed by atoms with Gasteiger partial charge in [0.2, 0.25) is 0 Å². The third kappa shape index (κ3) is 3.23. The van der Waals surface area contributed by atoms with Crippen molar-refractivity contribution in [2.24, 2.45) is 0 Å². The average Bonchev–Trinajstić information content (AvgIpc) is 2.13. The minimum Gasteiger partial charge on any atom is -0.297 e. The topological polar surface area (TPSA) is 89.0 Å². The van der Waals surface area contributed by atoms with Gasteiger partial charge in [-0.1, -0.05) is 18.5 Å². The summed E-state index contributed by atoms with van der Waals surface area (Å²) in [6.45, 7) is 3.23. The lowest BCUT2D eigenvalue weighted by atomic mass is 10.2. The minimum atomic E-state index is -3.28. The number of halogens is 1. The molecule has 0 aliphatic carbocycles. The average molecular weight is 295 g/mol. The second-order valence-electron chi connectivity index (χ2n) is 4.19. The number of rotatable bonds is 4. The standard InChI is InChI=1S/C10H15ClN2O4S/c1-4-7-8(11)12-10(15)13(9(7)14)6(2)5-18(3,16)17/h6H,4-5H2,1-3H3,(H,12,15). The van der Waals surface area contributed by atoms with Gasteiger partial charge in [0.25, 0.3) is 5.56 Å². The van der Waals surface area contributed by atoms with E-state index < -0.39 is 27.1 Å². The largest absolute Gasteiger partial charge is 0.329 e. The van der Waals surface area contributed by atoms with Crippen LogP contribution >= 0.6 is 11.6 Å². The van der Waals surface area contributed by atoms with E-state index in [1.807, 2.05) is 0 Å². The smallest absolute Gasteiger partial charge is 0.297 e. The molecular weight excluding hydrogens is 280 g/mol. The minimum absolute atomic E-state index is 0.00954. The number of hydrogen-bond donors (Lipinski definition) is 1. The van der Waals surface area contributed by atoms with Crippen molar-refractivity contribution in [2.45, 2.75) is 26.3 Å². The maximum atomic E-state index is 12.0. The van der Waals surface area contributed by atoms with Crippen LogP contribution < -0.4 is 11.2 Å². The summed E-state index contributed by atoms with van der Waals surface area (Å²) in [6, 6.07) is -0.737. The van der Waals surface area contributed by atoms with Crippen LogP contribution in [0.25, 0.3) is 0 Å². The first-order valence-electron chi connectivity index (χ1n) is 5.38. The molecular formula is C10H15ClN2O4S. The van der Waals surface area contributed by atoms with Crippen LogP contribution in [0.15, 0.2) is 9.59 Å². The third-order valence-electron chi connectivity index (χ3n) is 2.52. The first-order valence-corrected chi connectivity index (χ1v) is 7.82. The Morgan fingerprint density at radius 2 is 1.94 bits per heavy atom. The van der Waals surface area contributed by atoms with Crippen LogP contribution in [0.3, 0.4) is 0 Å². The van der Waals surface area contributed by atoms with Gasteiger partial charge in [-0.15, -0.1) is 0 Å². The summed E-state index contributed by atoms with van der Waals surface area (Å²) in [5.74, 6) is -0.277. The molecule has 102 valence electrons. The zero-order chi connectivity index (χ0) is 14.1. The number of hydrogen-bond acceptors (Lipinski definition) is 4. The van der Waals surface area contributed by atoms with Crippen LogP contribution in [0.2, 0.25) is 5.15 Å². The Labute approximate surface area is 110 Å². The molecule has 0 bridgehead atoms. The predicted molar refractivity (Wildman–Crippen MR) is 70.1 cm³/mol. The lowest BCUT2D eigenvalue weighted by Gasteiger charge is -2.14. The summed E-state index contributed by atoms with van der Waals surface area (Å²) < 4.78 is 23.3. The van der Waals surface area contributed by atoms with E-state index >= 15 is 0 Å². The Morgan fingerprint density at radius 1 is 1.39 bits per heavy atom. The van der Waals surface area contributed by atoms with Crippen molar-refractivity contribution in [3.63, 3.8) is 0 Å². The fraction of sp³-hybridized carbons (Fsp3) is 0.600. The third-order valence-corrected chi connectivity index (χ3v) is 3.93. The maximum Gasteiger partial charge on any atom is 0.329 e. The van der Waals surface area contributed by atoms with Crippen molar-refractivity contribution in [2.75, 3.05) is 12.0 Å². The molecule has 0 aliphatic heterocycles. The summed E-state index contributed by atoms with van der Waals surface area (Å²) in [6.07, 6.45) is 1.42. The molecule has 0 saturated carbocycles. The first kappa shape index (κ1) is 15.0. The van der Waals surface area contributed by atoms with E-state index in [-0.39, 0.29) is 16.5 Å². The van der Waals surface area contributed by atoms with E-state index in [1.54, 1.807) is 6.92 Å². The molecule has 1 N–H and O–H groups in total. The summed E-state index contributed by atoms with van der Waals surface area (Å²) in [5.41, 5.74) is -0.961. The van der Waals surface area contributed by atoms with E-state index in [9.17, 15) is 18.0 Å². The molecule has 0 spiro atoms. The Kier molecular flexibility index (Phi) is 4.39. The summed E-state index contributed by atoms with van der Waals surface area (Å²) >= 11 is 5.76. The number of aromatic nitrogens is 2. The Morgan fingerprint density at radius 3 is 2.39 bits per heavy atom. The molecule has 1 atom stereocenters. The molecule has 8 heteroatoms. The molecule has 1 aromatic heterocycles. The molecule has 0 radical (unpaired) electrons. The lowest BCUT2D eigenvalue weighted by Crippen LogP contribution is -2.41. The molecule has 0 saturated heterocycles. The van der Waals surface area contributed by atoms with Crippen LogP contribution in [0.4, 0.5) is 0 Å². The van der Waals surface area contributed by atoms with Crippen LogP contribution in [0.5, 0.6) is 0 Å². The molecule has 0 aliphatic rings. The van der Waals surface area contributed by atoms with Crippen molar-refractivity contribution in [1.29, 1.82) is 0 Å². The van der Waals surface area contributed by atoms with E-state index in [2.05, 4.69) is 4.98 Å². The van der Waals surface area contributed by atoms with Gasteiger partial charge in [0, 0.05) is 6.26 Å². The van der Waals surface area contributed by atoms with E-state index in [1.165, 1.54) is 6.92 Å². The molecule has 1 heterocycles. The Balaban J connectivity index is 3.42.